The van der Waals surface area contributed by atoms with Crippen LogP contribution in [-0.4, -0.2) is 20.4 Å². The monoisotopic (exact) mass is 315 g/mol. The Balaban J connectivity index is 2.13. The van der Waals surface area contributed by atoms with Crippen LogP contribution in [0.25, 0.3) is 0 Å². The second-order valence-corrected chi connectivity index (χ2v) is 6.96. The molecule has 20 heavy (non-hydrogen) atoms. The Morgan fingerprint density at radius 2 is 2.20 bits per heavy atom. The van der Waals surface area contributed by atoms with Crippen LogP contribution in [0.3, 0.4) is 0 Å². The lowest BCUT2D eigenvalue weighted by molar-refractivity contribution is 0.403. The minimum atomic E-state index is -3.67. The van der Waals surface area contributed by atoms with Crippen molar-refractivity contribution < 1.29 is 12.8 Å². The van der Waals surface area contributed by atoms with Crippen molar-refractivity contribution in [3.63, 3.8) is 0 Å². The van der Waals surface area contributed by atoms with E-state index in [1.807, 2.05) is 12.3 Å². The number of nitrogens with zero attached hydrogens (tertiary/aromatic N) is 1. The molecule has 0 amide bonds. The molecule has 0 saturated carbocycles. The van der Waals surface area contributed by atoms with Gasteiger partial charge in [-0.2, -0.15) is 4.72 Å². The third-order valence-electron chi connectivity index (χ3n) is 2.59. The number of hydrogen-bond acceptors (Lipinski definition) is 6. The number of aromatic nitrogens is 1. The van der Waals surface area contributed by atoms with E-state index in [-0.39, 0.29) is 5.09 Å². The summed E-state index contributed by atoms with van der Waals surface area (Å²) in [5.74, 6) is 0.575. The van der Waals surface area contributed by atoms with E-state index in [1.165, 1.54) is 17.4 Å². The molecule has 0 fully saturated rings. The van der Waals surface area contributed by atoms with Crippen molar-refractivity contribution in [1.82, 2.24) is 15.0 Å². The normalized spacial score (nSPS) is 13.6. The van der Waals surface area contributed by atoms with E-state index in [2.05, 4.69) is 15.0 Å². The number of thiazole rings is 1. The Morgan fingerprint density at radius 3 is 2.80 bits per heavy atom. The van der Waals surface area contributed by atoms with Crippen molar-refractivity contribution in [2.24, 2.45) is 0 Å². The van der Waals surface area contributed by atoms with E-state index in [0.717, 1.165) is 10.7 Å². The van der Waals surface area contributed by atoms with Crippen molar-refractivity contribution in [2.75, 3.05) is 7.05 Å². The van der Waals surface area contributed by atoms with Gasteiger partial charge in [-0.3, -0.25) is 0 Å². The molecule has 0 aliphatic rings. The van der Waals surface area contributed by atoms with Gasteiger partial charge in [-0.15, -0.1) is 11.3 Å². The highest BCUT2D eigenvalue weighted by molar-refractivity contribution is 7.89. The molecule has 0 spiro atoms. The fourth-order valence-electron chi connectivity index (χ4n) is 1.68. The third-order valence-corrected chi connectivity index (χ3v) is 5.15. The summed E-state index contributed by atoms with van der Waals surface area (Å²) in [6.07, 6.45) is 0. The standard InChI is InChI=1S/C12H17N3O3S2/c1-8-7-19-12(14-8)9(2)15-20(16,17)11-5-4-10(18-11)6-13-3/h4-5,7,9,13,15H,6H2,1-3H3. The minimum Gasteiger partial charge on any atom is -0.447 e. The number of nitrogens with one attached hydrogen (secondary N) is 2. The highest BCUT2D eigenvalue weighted by Gasteiger charge is 2.23. The molecule has 1 unspecified atom stereocenters. The highest BCUT2D eigenvalue weighted by atomic mass is 32.2. The van der Waals surface area contributed by atoms with Gasteiger partial charge in [0.05, 0.1) is 12.6 Å². The fraction of sp³-hybridized carbons (Fsp3) is 0.417. The third kappa shape index (κ3) is 3.45. The van der Waals surface area contributed by atoms with Gasteiger partial charge in [0, 0.05) is 11.1 Å². The van der Waals surface area contributed by atoms with Crippen LogP contribution < -0.4 is 10.0 Å². The lowest BCUT2D eigenvalue weighted by atomic mass is 10.4. The van der Waals surface area contributed by atoms with Gasteiger partial charge in [-0.25, -0.2) is 13.4 Å². The summed E-state index contributed by atoms with van der Waals surface area (Å²) in [6.45, 7) is 4.11. The molecule has 0 aliphatic heterocycles. The van der Waals surface area contributed by atoms with Crippen LogP contribution in [0.1, 0.15) is 29.4 Å². The van der Waals surface area contributed by atoms with Gasteiger partial charge in [0.2, 0.25) is 5.09 Å². The zero-order valence-electron chi connectivity index (χ0n) is 11.5. The average Bonchev–Trinajstić information content (AvgIpc) is 2.98. The molecule has 2 rings (SSSR count). The van der Waals surface area contributed by atoms with Gasteiger partial charge < -0.3 is 9.73 Å². The quantitative estimate of drug-likeness (QED) is 0.849. The molecular weight excluding hydrogens is 298 g/mol. The largest absolute Gasteiger partial charge is 0.447 e. The molecular formula is C12H17N3O3S2. The van der Waals surface area contributed by atoms with E-state index < -0.39 is 16.1 Å². The van der Waals surface area contributed by atoms with Gasteiger partial charge in [0.1, 0.15) is 10.8 Å². The fourth-order valence-corrected chi connectivity index (χ4v) is 3.72. The zero-order chi connectivity index (χ0) is 14.8. The number of aryl methyl sites for hydroxylation is 1. The Morgan fingerprint density at radius 1 is 1.45 bits per heavy atom. The van der Waals surface area contributed by atoms with E-state index >= 15 is 0 Å². The molecule has 0 radical (unpaired) electrons. The maximum absolute atomic E-state index is 12.2. The average molecular weight is 315 g/mol. The molecule has 2 aromatic rings. The summed E-state index contributed by atoms with van der Waals surface area (Å²) in [5.41, 5.74) is 0.880. The molecule has 2 N–H and O–H groups in total. The van der Waals surface area contributed by atoms with Gasteiger partial charge in [0.25, 0.3) is 10.0 Å². The second kappa shape index (κ2) is 6.04. The molecule has 6 nitrogen and oxygen atoms in total. The first-order valence-corrected chi connectivity index (χ1v) is 8.46. The lowest BCUT2D eigenvalue weighted by Gasteiger charge is -2.10. The van der Waals surface area contributed by atoms with Gasteiger partial charge in [0.15, 0.2) is 0 Å². The lowest BCUT2D eigenvalue weighted by Crippen LogP contribution is -2.26. The van der Waals surface area contributed by atoms with Crippen LogP contribution in [0.2, 0.25) is 0 Å². The van der Waals surface area contributed by atoms with Crippen LogP contribution in [0.4, 0.5) is 0 Å². The second-order valence-electron chi connectivity index (χ2n) is 4.42. The number of sulfonamides is 1. The summed E-state index contributed by atoms with van der Waals surface area (Å²) in [6, 6.07) is 2.70. The highest BCUT2D eigenvalue weighted by Crippen LogP contribution is 2.21. The summed E-state index contributed by atoms with van der Waals surface area (Å²) in [5, 5.41) is 5.44. The first-order valence-electron chi connectivity index (χ1n) is 6.10. The molecule has 2 aromatic heterocycles. The molecule has 0 saturated heterocycles. The summed E-state index contributed by atoms with van der Waals surface area (Å²) >= 11 is 1.43. The predicted molar refractivity (Wildman–Crippen MR) is 77.1 cm³/mol. The summed E-state index contributed by atoms with van der Waals surface area (Å²) in [4.78, 5) is 4.27. The predicted octanol–water partition coefficient (Wildman–Crippen LogP) is 1.80. The zero-order valence-corrected chi connectivity index (χ0v) is 13.1. The molecule has 1 atom stereocenters. The Bertz CT molecular complexity index is 676. The maximum atomic E-state index is 12.2. The summed E-state index contributed by atoms with van der Waals surface area (Å²) < 4.78 is 32.2. The topological polar surface area (TPSA) is 84.2 Å². The van der Waals surface area contributed by atoms with Crippen LogP contribution in [0.5, 0.6) is 0 Å². The first-order chi connectivity index (χ1) is 9.42. The molecule has 0 bridgehead atoms. The number of hydrogen-bond donors (Lipinski definition) is 2. The van der Waals surface area contributed by atoms with Gasteiger partial charge in [-0.05, 0) is 33.0 Å². The Labute approximate surface area is 122 Å². The van der Waals surface area contributed by atoms with E-state index in [1.54, 1.807) is 20.0 Å². The summed E-state index contributed by atoms with van der Waals surface area (Å²) in [7, 11) is -1.91. The molecule has 0 aromatic carbocycles. The van der Waals surface area contributed by atoms with Crippen molar-refractivity contribution in [3.05, 3.63) is 34.0 Å². The van der Waals surface area contributed by atoms with Crippen molar-refractivity contribution in [2.45, 2.75) is 31.5 Å². The SMILES string of the molecule is CNCc1ccc(S(=O)(=O)NC(C)c2nc(C)cs2)o1. The van der Waals surface area contributed by atoms with Crippen LogP contribution in [-0.2, 0) is 16.6 Å². The van der Waals surface area contributed by atoms with Crippen LogP contribution in [0, 0.1) is 6.92 Å². The first kappa shape index (κ1) is 15.2. The van der Waals surface area contributed by atoms with Crippen LogP contribution in [0.15, 0.2) is 27.0 Å². The van der Waals surface area contributed by atoms with Crippen molar-refractivity contribution >= 4 is 21.4 Å². The minimum absolute atomic E-state index is 0.0807. The number of furan rings is 1. The molecule has 0 aliphatic carbocycles. The molecule has 2 heterocycles. The maximum Gasteiger partial charge on any atom is 0.274 e. The molecule has 110 valence electrons. The Hall–Kier alpha value is -1.22. The Kier molecular flexibility index (Phi) is 4.59. The number of rotatable bonds is 6. The van der Waals surface area contributed by atoms with Crippen molar-refractivity contribution in [1.29, 1.82) is 0 Å². The van der Waals surface area contributed by atoms with Crippen molar-refractivity contribution in [3.8, 4) is 0 Å². The van der Waals surface area contributed by atoms with Gasteiger partial charge in [-0.1, -0.05) is 0 Å². The smallest absolute Gasteiger partial charge is 0.274 e. The molecule has 8 heteroatoms. The van der Waals surface area contributed by atoms with E-state index in [4.69, 9.17) is 4.42 Å². The van der Waals surface area contributed by atoms with E-state index in [0.29, 0.717) is 12.3 Å². The van der Waals surface area contributed by atoms with Gasteiger partial charge >= 0.3 is 0 Å². The van der Waals surface area contributed by atoms with Crippen LogP contribution >= 0.6 is 11.3 Å². The van der Waals surface area contributed by atoms with E-state index in [9.17, 15) is 8.42 Å².